The fraction of sp³-hybridized carbons (Fsp3) is 0.333. The molecule has 1 amide bonds. The Bertz CT molecular complexity index is 499. The molecule has 2 rings (SSSR count). The molecule has 0 saturated heterocycles. The van der Waals surface area contributed by atoms with E-state index in [0.29, 0.717) is 12.2 Å². The van der Waals surface area contributed by atoms with Crippen LogP contribution in [0.15, 0.2) is 16.6 Å². The van der Waals surface area contributed by atoms with Crippen LogP contribution in [-0.4, -0.2) is 23.5 Å². The van der Waals surface area contributed by atoms with Gasteiger partial charge in [0.2, 0.25) is 5.91 Å². The minimum absolute atomic E-state index is 0.115. The maximum Gasteiger partial charge on any atom is 0.337 e. The molecule has 0 saturated carbocycles. The van der Waals surface area contributed by atoms with E-state index < -0.39 is 5.97 Å². The molecule has 4 nitrogen and oxygen atoms in total. The van der Waals surface area contributed by atoms with Gasteiger partial charge in [-0.05, 0) is 30.5 Å². The highest BCUT2D eigenvalue weighted by molar-refractivity contribution is 9.10. The van der Waals surface area contributed by atoms with Gasteiger partial charge in [0, 0.05) is 17.9 Å². The lowest BCUT2D eigenvalue weighted by atomic mass is 9.97. The first-order valence-electron chi connectivity index (χ1n) is 5.34. The van der Waals surface area contributed by atoms with Gasteiger partial charge in [-0.2, -0.15) is 0 Å². The number of carbonyl (C=O) groups is 2. The summed E-state index contributed by atoms with van der Waals surface area (Å²) in [6.45, 7) is 2.05. The van der Waals surface area contributed by atoms with Crippen molar-refractivity contribution in [2.24, 2.45) is 0 Å². The fourth-order valence-corrected chi connectivity index (χ4v) is 2.69. The second kappa shape index (κ2) is 4.49. The van der Waals surface area contributed by atoms with Crippen LogP contribution in [0.5, 0.6) is 0 Å². The van der Waals surface area contributed by atoms with Gasteiger partial charge in [-0.1, -0.05) is 15.9 Å². The summed E-state index contributed by atoms with van der Waals surface area (Å²) in [6, 6.07) is 3.43. The van der Waals surface area contributed by atoms with Gasteiger partial charge in [-0.25, -0.2) is 4.79 Å². The van der Waals surface area contributed by atoms with Crippen molar-refractivity contribution < 1.29 is 14.7 Å². The number of carbonyl (C=O) groups excluding carboxylic acids is 1. The van der Waals surface area contributed by atoms with E-state index in [1.165, 1.54) is 6.92 Å². The predicted molar refractivity (Wildman–Crippen MR) is 67.4 cm³/mol. The molecule has 0 atom stereocenters. The number of aromatic carboxylic acids is 1. The molecular formula is C12H12BrNO3. The van der Waals surface area contributed by atoms with Crippen LogP contribution in [0.4, 0.5) is 5.69 Å². The molecule has 1 aliphatic heterocycles. The summed E-state index contributed by atoms with van der Waals surface area (Å²) in [6.07, 6.45) is 1.67. The fourth-order valence-electron chi connectivity index (χ4n) is 2.18. The molecule has 0 unspecified atom stereocenters. The van der Waals surface area contributed by atoms with Gasteiger partial charge in [0.05, 0.1) is 11.3 Å². The number of nitrogens with zero attached hydrogens (tertiary/aromatic N) is 1. The number of hydrogen-bond donors (Lipinski definition) is 1. The first kappa shape index (κ1) is 12.1. The number of halogens is 1. The maximum atomic E-state index is 11.5. The number of hydrogen-bond acceptors (Lipinski definition) is 2. The standard InChI is InChI=1S/C12H12BrNO3/c1-7(15)14-4-2-3-8-5-9(13)6-10(11(8)14)12(16)17/h5-6H,2-4H2,1H3,(H,16,17). The van der Waals surface area contributed by atoms with E-state index in [1.807, 2.05) is 6.07 Å². The molecule has 0 aliphatic carbocycles. The number of rotatable bonds is 1. The van der Waals surface area contributed by atoms with Crippen LogP contribution in [0, 0.1) is 0 Å². The van der Waals surface area contributed by atoms with Crippen molar-refractivity contribution in [3.05, 3.63) is 27.7 Å². The lowest BCUT2D eigenvalue weighted by Gasteiger charge is -2.30. The summed E-state index contributed by atoms with van der Waals surface area (Å²) in [7, 11) is 0. The van der Waals surface area contributed by atoms with Gasteiger partial charge in [-0.15, -0.1) is 0 Å². The van der Waals surface area contributed by atoms with Gasteiger partial charge in [0.15, 0.2) is 0 Å². The average Bonchev–Trinajstić information content (AvgIpc) is 2.26. The molecule has 0 bridgehead atoms. The maximum absolute atomic E-state index is 11.5. The quantitative estimate of drug-likeness (QED) is 0.866. The Morgan fingerprint density at radius 3 is 2.71 bits per heavy atom. The Kier molecular flexibility index (Phi) is 3.19. The number of aryl methyl sites for hydroxylation is 1. The SMILES string of the molecule is CC(=O)N1CCCc2cc(Br)cc(C(=O)O)c21. The molecule has 17 heavy (non-hydrogen) atoms. The van der Waals surface area contributed by atoms with Crippen molar-refractivity contribution in [1.82, 2.24) is 0 Å². The minimum Gasteiger partial charge on any atom is -0.478 e. The van der Waals surface area contributed by atoms with E-state index in [2.05, 4.69) is 15.9 Å². The van der Waals surface area contributed by atoms with Crippen molar-refractivity contribution in [3.63, 3.8) is 0 Å². The van der Waals surface area contributed by atoms with E-state index in [9.17, 15) is 14.7 Å². The smallest absolute Gasteiger partial charge is 0.337 e. The van der Waals surface area contributed by atoms with Crippen molar-refractivity contribution in [1.29, 1.82) is 0 Å². The van der Waals surface area contributed by atoms with Gasteiger partial charge >= 0.3 is 5.97 Å². The van der Waals surface area contributed by atoms with Crippen LogP contribution in [0.2, 0.25) is 0 Å². The molecule has 1 aliphatic rings. The van der Waals surface area contributed by atoms with E-state index >= 15 is 0 Å². The summed E-state index contributed by atoms with van der Waals surface area (Å²) in [5.74, 6) is -1.12. The monoisotopic (exact) mass is 297 g/mol. The molecule has 1 heterocycles. The zero-order chi connectivity index (χ0) is 12.6. The van der Waals surface area contributed by atoms with Crippen LogP contribution < -0.4 is 4.90 Å². The Hall–Kier alpha value is -1.36. The Balaban J connectivity index is 2.65. The van der Waals surface area contributed by atoms with Crippen LogP contribution in [0.25, 0.3) is 0 Å². The molecule has 1 aromatic rings. The highest BCUT2D eigenvalue weighted by Crippen LogP contribution is 2.34. The normalized spacial score (nSPS) is 14.4. The Morgan fingerprint density at radius 1 is 1.41 bits per heavy atom. The molecule has 1 N–H and O–H groups in total. The lowest BCUT2D eigenvalue weighted by molar-refractivity contribution is -0.116. The third kappa shape index (κ3) is 2.20. The summed E-state index contributed by atoms with van der Waals surface area (Å²) in [5.41, 5.74) is 1.65. The number of anilines is 1. The molecule has 0 fully saturated rings. The Labute approximate surface area is 107 Å². The van der Waals surface area contributed by atoms with Crippen molar-refractivity contribution >= 4 is 33.5 Å². The summed E-state index contributed by atoms with van der Waals surface area (Å²) in [4.78, 5) is 24.3. The zero-order valence-corrected chi connectivity index (χ0v) is 11.0. The van der Waals surface area contributed by atoms with E-state index in [1.54, 1.807) is 11.0 Å². The summed E-state index contributed by atoms with van der Waals surface area (Å²) < 4.78 is 0.735. The van der Waals surface area contributed by atoms with E-state index in [0.717, 1.165) is 22.9 Å². The number of carboxylic acids is 1. The average molecular weight is 298 g/mol. The Morgan fingerprint density at radius 2 is 2.12 bits per heavy atom. The minimum atomic E-state index is -1.00. The number of fused-ring (bicyclic) bond motifs is 1. The lowest BCUT2D eigenvalue weighted by Crippen LogP contribution is -2.35. The zero-order valence-electron chi connectivity index (χ0n) is 9.36. The second-order valence-corrected chi connectivity index (χ2v) is 4.96. The van der Waals surface area contributed by atoms with Crippen molar-refractivity contribution in [2.45, 2.75) is 19.8 Å². The number of benzene rings is 1. The van der Waals surface area contributed by atoms with Crippen LogP contribution in [-0.2, 0) is 11.2 Å². The first-order valence-corrected chi connectivity index (χ1v) is 6.14. The summed E-state index contributed by atoms with van der Waals surface area (Å²) >= 11 is 3.30. The van der Waals surface area contributed by atoms with Crippen molar-refractivity contribution in [3.8, 4) is 0 Å². The van der Waals surface area contributed by atoms with Gasteiger partial charge in [0.1, 0.15) is 0 Å². The number of amides is 1. The second-order valence-electron chi connectivity index (χ2n) is 4.04. The third-order valence-corrected chi connectivity index (χ3v) is 3.32. The molecular weight excluding hydrogens is 286 g/mol. The molecule has 1 aromatic carbocycles. The van der Waals surface area contributed by atoms with Crippen LogP contribution >= 0.6 is 15.9 Å². The van der Waals surface area contributed by atoms with Crippen LogP contribution in [0.1, 0.15) is 29.3 Å². The van der Waals surface area contributed by atoms with Gasteiger partial charge in [0.25, 0.3) is 0 Å². The van der Waals surface area contributed by atoms with Crippen LogP contribution in [0.3, 0.4) is 0 Å². The van der Waals surface area contributed by atoms with Gasteiger partial charge < -0.3 is 10.0 Å². The molecule has 5 heteroatoms. The predicted octanol–water partition coefficient (Wildman–Crippen LogP) is 2.45. The highest BCUT2D eigenvalue weighted by atomic mass is 79.9. The third-order valence-electron chi connectivity index (χ3n) is 2.86. The summed E-state index contributed by atoms with van der Waals surface area (Å²) in [5, 5.41) is 9.21. The largest absolute Gasteiger partial charge is 0.478 e. The topological polar surface area (TPSA) is 57.6 Å². The molecule has 0 aromatic heterocycles. The molecule has 0 radical (unpaired) electrons. The van der Waals surface area contributed by atoms with E-state index in [4.69, 9.17) is 0 Å². The first-order chi connectivity index (χ1) is 8.00. The number of carboxylic acid groups (broad SMARTS) is 1. The van der Waals surface area contributed by atoms with E-state index in [-0.39, 0.29) is 11.5 Å². The molecule has 90 valence electrons. The van der Waals surface area contributed by atoms with Crippen molar-refractivity contribution in [2.75, 3.05) is 11.4 Å². The highest BCUT2D eigenvalue weighted by Gasteiger charge is 2.26. The van der Waals surface area contributed by atoms with Gasteiger partial charge in [-0.3, -0.25) is 4.79 Å². The molecule has 0 spiro atoms.